The van der Waals surface area contributed by atoms with E-state index in [0.29, 0.717) is 32.6 Å². The van der Waals surface area contributed by atoms with Crippen LogP contribution in [0.15, 0.2) is 0 Å². The van der Waals surface area contributed by atoms with Crippen LogP contribution in [0.2, 0.25) is 0 Å². The van der Waals surface area contributed by atoms with Gasteiger partial charge in [-0.25, -0.2) is 0 Å². The largest absolute Gasteiger partial charge is 0.375 e. The molecule has 3 rings (SSSR count). The van der Waals surface area contributed by atoms with Gasteiger partial charge in [-0.2, -0.15) is 0 Å². The zero-order valence-corrected chi connectivity index (χ0v) is 16.8. The quantitative estimate of drug-likeness (QED) is 0.666. The van der Waals surface area contributed by atoms with Crippen molar-refractivity contribution in [1.82, 2.24) is 19.6 Å². The van der Waals surface area contributed by atoms with Crippen LogP contribution in [-0.2, 0) is 19.1 Å². The number of hydrogen-bond donors (Lipinski definition) is 0. The maximum absolute atomic E-state index is 13.2. The van der Waals surface area contributed by atoms with Crippen LogP contribution < -0.4 is 0 Å². The number of likely N-dealkylation sites (N-methyl/N-ethyl adjacent to an activating group) is 1. The Kier molecular flexibility index (Phi) is 6.05. The fourth-order valence-corrected chi connectivity index (χ4v) is 4.65. The number of nitrogens with zero attached hydrogens (tertiary/aromatic N) is 4. The van der Waals surface area contributed by atoms with E-state index in [-0.39, 0.29) is 29.7 Å². The van der Waals surface area contributed by atoms with E-state index in [2.05, 4.69) is 4.90 Å². The summed E-state index contributed by atoms with van der Waals surface area (Å²) < 4.78 is 4.99. The van der Waals surface area contributed by atoms with Crippen molar-refractivity contribution in [2.24, 2.45) is 5.41 Å². The van der Waals surface area contributed by atoms with E-state index in [1.165, 1.54) is 7.11 Å². The normalized spacial score (nSPS) is 26.1. The Bertz CT molecular complexity index is 588. The van der Waals surface area contributed by atoms with Crippen molar-refractivity contribution < 1.29 is 19.1 Å². The molecule has 3 aliphatic heterocycles. The fraction of sp³-hybridized carbons (Fsp3) is 0.842. The lowest BCUT2D eigenvalue weighted by molar-refractivity contribution is -0.152. The number of rotatable bonds is 4. The minimum atomic E-state index is -0.446. The van der Waals surface area contributed by atoms with Gasteiger partial charge in [0.1, 0.15) is 12.6 Å². The Hall–Kier alpha value is -1.67. The lowest BCUT2D eigenvalue weighted by Crippen LogP contribution is -2.62. The van der Waals surface area contributed by atoms with E-state index in [0.717, 1.165) is 32.5 Å². The molecule has 1 atom stereocenters. The first-order valence-corrected chi connectivity index (χ1v) is 9.92. The highest BCUT2D eigenvalue weighted by molar-refractivity contribution is 5.89. The van der Waals surface area contributed by atoms with Crippen LogP contribution >= 0.6 is 0 Å². The molecule has 27 heavy (non-hydrogen) atoms. The van der Waals surface area contributed by atoms with Gasteiger partial charge in [0.2, 0.25) is 17.7 Å². The number of ether oxygens (including phenoxy) is 1. The van der Waals surface area contributed by atoms with Crippen LogP contribution in [0.1, 0.15) is 26.2 Å². The monoisotopic (exact) mass is 380 g/mol. The van der Waals surface area contributed by atoms with Crippen molar-refractivity contribution in [1.29, 1.82) is 0 Å². The van der Waals surface area contributed by atoms with Gasteiger partial charge in [0.15, 0.2) is 0 Å². The molecule has 0 radical (unpaired) electrons. The third-order valence-corrected chi connectivity index (χ3v) is 6.38. The van der Waals surface area contributed by atoms with Gasteiger partial charge in [0.25, 0.3) is 0 Å². The van der Waals surface area contributed by atoms with Crippen LogP contribution in [0.4, 0.5) is 0 Å². The molecule has 152 valence electrons. The van der Waals surface area contributed by atoms with Crippen molar-refractivity contribution in [2.45, 2.75) is 32.2 Å². The molecule has 1 spiro atoms. The Morgan fingerprint density at radius 3 is 2.48 bits per heavy atom. The summed E-state index contributed by atoms with van der Waals surface area (Å²) in [5.74, 6) is 0.137. The van der Waals surface area contributed by atoms with Gasteiger partial charge in [-0.1, -0.05) is 0 Å². The molecule has 3 fully saturated rings. The average Bonchev–Trinajstić information content (AvgIpc) is 2.97. The van der Waals surface area contributed by atoms with Crippen LogP contribution in [-0.4, -0.2) is 110 Å². The fourth-order valence-electron chi connectivity index (χ4n) is 4.65. The molecule has 0 aliphatic carbocycles. The van der Waals surface area contributed by atoms with E-state index in [4.69, 9.17) is 4.74 Å². The number of carbonyl (C=O) groups is 3. The summed E-state index contributed by atoms with van der Waals surface area (Å²) >= 11 is 0. The Morgan fingerprint density at radius 2 is 1.89 bits per heavy atom. The topological polar surface area (TPSA) is 73.4 Å². The highest BCUT2D eigenvalue weighted by Crippen LogP contribution is 2.41. The average molecular weight is 380 g/mol. The molecular weight excluding hydrogens is 348 g/mol. The second-order valence-electron chi connectivity index (χ2n) is 8.21. The summed E-state index contributed by atoms with van der Waals surface area (Å²) in [6, 6.07) is -0.446. The minimum Gasteiger partial charge on any atom is -0.375 e. The molecule has 8 heteroatoms. The lowest BCUT2D eigenvalue weighted by atomic mass is 9.77. The molecule has 0 saturated carbocycles. The third-order valence-electron chi connectivity index (χ3n) is 6.38. The van der Waals surface area contributed by atoms with E-state index < -0.39 is 6.04 Å². The molecule has 0 aromatic carbocycles. The SMILES string of the molecule is CCN1CC2(CCN(C(=O)[C@@H]3CN(C)CCN3C(=O)COC)CC2)CC1=O. The molecule has 3 heterocycles. The zero-order chi connectivity index (χ0) is 19.6. The van der Waals surface area contributed by atoms with Gasteiger partial charge in [-0.3, -0.25) is 14.4 Å². The number of methoxy groups -OCH3 is 1. The van der Waals surface area contributed by atoms with Gasteiger partial charge < -0.3 is 24.3 Å². The first-order valence-electron chi connectivity index (χ1n) is 9.92. The molecule has 3 aliphatic rings. The predicted molar refractivity (Wildman–Crippen MR) is 100.0 cm³/mol. The number of likely N-dealkylation sites (tertiary alicyclic amines) is 2. The maximum atomic E-state index is 13.2. The van der Waals surface area contributed by atoms with E-state index in [1.807, 2.05) is 23.8 Å². The molecule has 8 nitrogen and oxygen atoms in total. The molecule has 0 N–H and O–H groups in total. The Labute approximate surface area is 161 Å². The lowest BCUT2D eigenvalue weighted by Gasteiger charge is -2.44. The van der Waals surface area contributed by atoms with Crippen LogP contribution in [0, 0.1) is 5.41 Å². The summed E-state index contributed by atoms with van der Waals surface area (Å²) in [4.78, 5) is 45.3. The standard InChI is InChI=1S/C19H32N4O4/c1-4-21-14-19(11-16(21)24)5-7-22(8-6-19)18(26)15-12-20(2)9-10-23(15)17(25)13-27-3/h15H,4-14H2,1-3H3/t15-/m0/s1. The number of piperazine rings is 1. The molecule has 0 aromatic rings. The van der Waals surface area contributed by atoms with Gasteiger partial charge in [0, 0.05) is 64.8 Å². The predicted octanol–water partition coefficient (Wildman–Crippen LogP) is -0.364. The summed E-state index contributed by atoms with van der Waals surface area (Å²) in [6.07, 6.45) is 2.32. The second-order valence-corrected chi connectivity index (χ2v) is 8.21. The van der Waals surface area contributed by atoms with Gasteiger partial charge in [0.05, 0.1) is 0 Å². The molecule has 3 amide bonds. The van der Waals surface area contributed by atoms with Crippen LogP contribution in [0.5, 0.6) is 0 Å². The molecular formula is C19H32N4O4. The van der Waals surface area contributed by atoms with Crippen LogP contribution in [0.25, 0.3) is 0 Å². The van der Waals surface area contributed by atoms with Crippen LogP contribution in [0.3, 0.4) is 0 Å². The smallest absolute Gasteiger partial charge is 0.249 e. The maximum Gasteiger partial charge on any atom is 0.249 e. The van der Waals surface area contributed by atoms with Gasteiger partial charge in [-0.15, -0.1) is 0 Å². The zero-order valence-electron chi connectivity index (χ0n) is 16.8. The second kappa shape index (κ2) is 8.14. The van der Waals surface area contributed by atoms with Gasteiger partial charge >= 0.3 is 0 Å². The number of amides is 3. The van der Waals surface area contributed by atoms with E-state index >= 15 is 0 Å². The summed E-state index contributed by atoms with van der Waals surface area (Å²) in [5, 5.41) is 0. The summed E-state index contributed by atoms with van der Waals surface area (Å²) in [7, 11) is 3.48. The minimum absolute atomic E-state index is 0.00553. The van der Waals surface area contributed by atoms with Crippen molar-refractivity contribution in [3.8, 4) is 0 Å². The van der Waals surface area contributed by atoms with Crippen molar-refractivity contribution in [3.63, 3.8) is 0 Å². The molecule has 0 bridgehead atoms. The van der Waals surface area contributed by atoms with E-state index in [9.17, 15) is 14.4 Å². The number of carbonyl (C=O) groups excluding carboxylic acids is 3. The summed E-state index contributed by atoms with van der Waals surface area (Å²) in [6.45, 7) is 6.78. The number of piperidine rings is 1. The van der Waals surface area contributed by atoms with Crippen molar-refractivity contribution in [3.05, 3.63) is 0 Å². The molecule has 0 aromatic heterocycles. The Morgan fingerprint density at radius 1 is 1.19 bits per heavy atom. The number of hydrogen-bond acceptors (Lipinski definition) is 5. The van der Waals surface area contributed by atoms with E-state index in [1.54, 1.807) is 4.90 Å². The van der Waals surface area contributed by atoms with Gasteiger partial charge in [-0.05, 0) is 26.8 Å². The first kappa shape index (κ1) is 20.1. The van der Waals surface area contributed by atoms with Crippen molar-refractivity contribution in [2.75, 3.05) is 66.6 Å². The molecule has 3 saturated heterocycles. The molecule has 0 unspecified atom stereocenters. The van der Waals surface area contributed by atoms with Crippen molar-refractivity contribution >= 4 is 17.7 Å². The highest BCUT2D eigenvalue weighted by atomic mass is 16.5. The third kappa shape index (κ3) is 4.11. The summed E-state index contributed by atoms with van der Waals surface area (Å²) in [5.41, 5.74) is 0.0266. The Balaban J connectivity index is 1.63. The highest BCUT2D eigenvalue weighted by Gasteiger charge is 2.46. The first-order chi connectivity index (χ1) is 12.9.